The van der Waals surface area contributed by atoms with Crippen LogP contribution in [0.2, 0.25) is 0 Å². The van der Waals surface area contributed by atoms with Gasteiger partial charge in [-0.15, -0.1) is 0 Å². The van der Waals surface area contributed by atoms with Crippen LogP contribution in [0.1, 0.15) is 40.0 Å². The summed E-state index contributed by atoms with van der Waals surface area (Å²) in [6.45, 7) is 8.07. The van der Waals surface area contributed by atoms with Crippen molar-refractivity contribution in [3.05, 3.63) is 0 Å². The third-order valence-electron chi connectivity index (χ3n) is 3.13. The first kappa shape index (κ1) is 19.7. The molecule has 124 valence electrons. The topological polar surface area (TPSA) is 72.9 Å². The largest absolute Gasteiger partial charge is 0.480 e. The van der Waals surface area contributed by atoms with Crippen LogP contribution in [0.25, 0.3) is 0 Å². The number of hydrogen-bond acceptors (Lipinski definition) is 3. The lowest BCUT2D eigenvalue weighted by Gasteiger charge is -2.27. The Morgan fingerprint density at radius 1 is 1.19 bits per heavy atom. The second-order valence-corrected chi connectivity index (χ2v) is 6.13. The highest BCUT2D eigenvalue weighted by Gasteiger charge is 2.23. The average Bonchev–Trinajstić information content (AvgIpc) is 2.38. The Kier molecular flexibility index (Phi) is 9.78. The molecule has 0 rings (SSSR count). The molecule has 0 bridgehead atoms. The van der Waals surface area contributed by atoms with Gasteiger partial charge in [0.25, 0.3) is 0 Å². The molecule has 0 unspecified atom stereocenters. The SMILES string of the molecule is CCCC[C@H](NC(=O)N(CCN(C)C)CC(C)C)C(=O)O. The standard InChI is InChI=1S/C15H31N3O3/c1-6-7-8-13(14(19)20)16-15(21)18(11-12(2)3)10-9-17(4)5/h12-13H,6-11H2,1-5H3,(H,16,21)(H,19,20)/t13-/m0/s1. The molecule has 0 spiro atoms. The van der Waals surface area contributed by atoms with Crippen molar-refractivity contribution in [1.82, 2.24) is 15.1 Å². The summed E-state index contributed by atoms with van der Waals surface area (Å²) < 4.78 is 0. The number of urea groups is 1. The monoisotopic (exact) mass is 301 g/mol. The van der Waals surface area contributed by atoms with Crippen LogP contribution in [-0.2, 0) is 4.79 Å². The first-order valence-electron chi connectivity index (χ1n) is 7.70. The first-order valence-corrected chi connectivity index (χ1v) is 7.70. The fourth-order valence-corrected chi connectivity index (χ4v) is 1.94. The summed E-state index contributed by atoms with van der Waals surface area (Å²) in [5.41, 5.74) is 0. The molecular weight excluding hydrogens is 270 g/mol. The minimum Gasteiger partial charge on any atom is -0.480 e. The predicted octanol–water partition coefficient (Wildman–Crippen LogP) is 1.86. The molecule has 0 fully saturated rings. The van der Waals surface area contributed by atoms with E-state index in [0.29, 0.717) is 25.4 Å². The van der Waals surface area contributed by atoms with E-state index in [4.69, 9.17) is 0 Å². The third kappa shape index (κ3) is 9.28. The highest BCUT2D eigenvalue weighted by atomic mass is 16.4. The van der Waals surface area contributed by atoms with Gasteiger partial charge in [-0.2, -0.15) is 0 Å². The van der Waals surface area contributed by atoms with Crippen LogP contribution in [0.15, 0.2) is 0 Å². The highest BCUT2D eigenvalue weighted by Crippen LogP contribution is 2.04. The van der Waals surface area contributed by atoms with Gasteiger partial charge in [0, 0.05) is 19.6 Å². The number of nitrogens with zero attached hydrogens (tertiary/aromatic N) is 2. The van der Waals surface area contributed by atoms with Gasteiger partial charge >= 0.3 is 12.0 Å². The Morgan fingerprint density at radius 2 is 1.81 bits per heavy atom. The molecule has 0 aromatic carbocycles. The zero-order chi connectivity index (χ0) is 16.4. The van der Waals surface area contributed by atoms with Crippen molar-refractivity contribution < 1.29 is 14.7 Å². The first-order chi connectivity index (χ1) is 9.77. The van der Waals surface area contributed by atoms with Crippen molar-refractivity contribution in [2.75, 3.05) is 33.7 Å². The highest BCUT2D eigenvalue weighted by molar-refractivity contribution is 5.82. The fourth-order valence-electron chi connectivity index (χ4n) is 1.94. The van der Waals surface area contributed by atoms with Crippen LogP contribution in [-0.4, -0.2) is 66.7 Å². The van der Waals surface area contributed by atoms with E-state index in [2.05, 4.69) is 5.32 Å². The van der Waals surface area contributed by atoms with Crippen molar-refractivity contribution in [1.29, 1.82) is 0 Å². The quantitative estimate of drug-likeness (QED) is 0.646. The molecule has 0 saturated heterocycles. The molecule has 0 heterocycles. The maximum Gasteiger partial charge on any atom is 0.326 e. The number of likely N-dealkylation sites (N-methyl/N-ethyl adjacent to an activating group) is 1. The second-order valence-electron chi connectivity index (χ2n) is 6.13. The van der Waals surface area contributed by atoms with Gasteiger partial charge in [-0.05, 0) is 26.4 Å². The molecule has 0 aromatic heterocycles. The number of carbonyl (C=O) groups is 2. The van der Waals surface area contributed by atoms with E-state index in [9.17, 15) is 14.7 Å². The second kappa shape index (κ2) is 10.4. The minimum atomic E-state index is -0.964. The van der Waals surface area contributed by atoms with Crippen molar-refractivity contribution >= 4 is 12.0 Å². The van der Waals surface area contributed by atoms with Gasteiger partial charge in [-0.1, -0.05) is 33.6 Å². The third-order valence-corrected chi connectivity index (χ3v) is 3.13. The molecule has 0 aliphatic heterocycles. The van der Waals surface area contributed by atoms with Gasteiger partial charge in [-0.3, -0.25) is 0 Å². The summed E-state index contributed by atoms with van der Waals surface area (Å²) in [7, 11) is 3.90. The number of carboxylic acids is 1. The molecule has 2 amide bonds. The number of unbranched alkanes of at least 4 members (excludes halogenated alkanes) is 1. The number of carbonyl (C=O) groups excluding carboxylic acids is 1. The van der Waals surface area contributed by atoms with Crippen molar-refractivity contribution in [3.63, 3.8) is 0 Å². The maximum absolute atomic E-state index is 12.3. The van der Waals surface area contributed by atoms with Crippen molar-refractivity contribution in [2.24, 2.45) is 5.92 Å². The Bertz CT molecular complexity index is 319. The summed E-state index contributed by atoms with van der Waals surface area (Å²) in [5, 5.41) is 11.8. The molecule has 0 aromatic rings. The normalized spacial score (nSPS) is 12.5. The van der Waals surface area contributed by atoms with Crippen LogP contribution in [0.4, 0.5) is 4.79 Å². The lowest BCUT2D eigenvalue weighted by Crippen LogP contribution is -2.50. The minimum absolute atomic E-state index is 0.283. The summed E-state index contributed by atoms with van der Waals surface area (Å²) in [6, 6.07) is -1.08. The van der Waals surface area contributed by atoms with E-state index in [1.165, 1.54) is 0 Å². The molecule has 6 heteroatoms. The van der Waals surface area contributed by atoms with Crippen LogP contribution in [0.5, 0.6) is 0 Å². The summed E-state index contributed by atoms with van der Waals surface area (Å²) in [5.74, 6) is -0.620. The number of hydrogen-bond donors (Lipinski definition) is 2. The lowest BCUT2D eigenvalue weighted by molar-refractivity contribution is -0.139. The molecule has 1 atom stereocenters. The fraction of sp³-hybridized carbons (Fsp3) is 0.867. The Hall–Kier alpha value is -1.30. The molecule has 0 radical (unpaired) electrons. The smallest absolute Gasteiger partial charge is 0.326 e. The van der Waals surface area contributed by atoms with E-state index in [-0.39, 0.29) is 6.03 Å². The van der Waals surface area contributed by atoms with Crippen LogP contribution in [0, 0.1) is 5.92 Å². The van der Waals surface area contributed by atoms with Crippen LogP contribution < -0.4 is 5.32 Å². The number of aliphatic carboxylic acids is 1. The van der Waals surface area contributed by atoms with Gasteiger partial charge in [0.1, 0.15) is 6.04 Å². The van der Waals surface area contributed by atoms with E-state index in [1.807, 2.05) is 39.8 Å². The van der Waals surface area contributed by atoms with E-state index in [0.717, 1.165) is 19.4 Å². The molecular formula is C15H31N3O3. The predicted molar refractivity (Wildman–Crippen MR) is 84.4 cm³/mol. The number of carboxylic acid groups (broad SMARTS) is 1. The van der Waals surface area contributed by atoms with Crippen molar-refractivity contribution in [3.8, 4) is 0 Å². The van der Waals surface area contributed by atoms with Crippen LogP contribution in [0.3, 0.4) is 0 Å². The van der Waals surface area contributed by atoms with Crippen LogP contribution >= 0.6 is 0 Å². The lowest BCUT2D eigenvalue weighted by atomic mass is 10.1. The number of nitrogens with one attached hydrogen (secondary N) is 1. The maximum atomic E-state index is 12.3. The molecule has 0 aliphatic carbocycles. The van der Waals surface area contributed by atoms with E-state index < -0.39 is 12.0 Å². The van der Waals surface area contributed by atoms with Gasteiger partial charge < -0.3 is 20.2 Å². The van der Waals surface area contributed by atoms with Gasteiger partial charge in [0.05, 0.1) is 0 Å². The average molecular weight is 301 g/mol. The molecule has 2 N–H and O–H groups in total. The zero-order valence-corrected chi connectivity index (χ0v) is 14.1. The molecule has 6 nitrogen and oxygen atoms in total. The molecule has 21 heavy (non-hydrogen) atoms. The number of rotatable bonds is 10. The number of amides is 2. The van der Waals surface area contributed by atoms with Gasteiger partial charge in [0.2, 0.25) is 0 Å². The Morgan fingerprint density at radius 3 is 2.24 bits per heavy atom. The zero-order valence-electron chi connectivity index (χ0n) is 14.1. The van der Waals surface area contributed by atoms with Gasteiger partial charge in [0.15, 0.2) is 0 Å². The van der Waals surface area contributed by atoms with E-state index in [1.54, 1.807) is 4.90 Å². The van der Waals surface area contributed by atoms with E-state index >= 15 is 0 Å². The Balaban J connectivity index is 4.63. The molecule has 0 aliphatic rings. The summed E-state index contributed by atoms with van der Waals surface area (Å²) >= 11 is 0. The summed E-state index contributed by atoms with van der Waals surface area (Å²) in [4.78, 5) is 27.2. The molecule has 0 saturated carbocycles. The van der Waals surface area contributed by atoms with Crippen molar-refractivity contribution in [2.45, 2.75) is 46.1 Å². The summed E-state index contributed by atoms with van der Waals surface area (Å²) in [6.07, 6.45) is 2.18. The van der Waals surface area contributed by atoms with Gasteiger partial charge in [-0.25, -0.2) is 9.59 Å². The Labute approximate surface area is 128 Å².